The number of unbranched alkanes of at least 4 members (excludes halogenated alkanes) is 3. The maximum Gasteiger partial charge on any atom is 1.00 e. The van der Waals surface area contributed by atoms with Gasteiger partial charge in [0.1, 0.15) is 0 Å². The normalized spacial score (nSPS) is 11.0. The Morgan fingerprint density at radius 1 is 1.23 bits per heavy atom. The monoisotopic (exact) mass is 324 g/mol. The Bertz CT molecular complexity index is 386. The Balaban J connectivity index is -0.00000200. The van der Waals surface area contributed by atoms with Gasteiger partial charge < -0.3 is 16.0 Å². The first kappa shape index (κ1) is 23.4. The van der Waals surface area contributed by atoms with Crippen LogP contribution in [-0.2, 0) is 23.9 Å². The van der Waals surface area contributed by atoms with Crippen molar-refractivity contribution < 1.29 is 59.9 Å². The molecule has 0 aromatic rings. The number of ether oxygens (including phenoxy) is 2. The first-order valence-electron chi connectivity index (χ1n) is 7.13. The van der Waals surface area contributed by atoms with Crippen molar-refractivity contribution in [3.63, 3.8) is 0 Å². The van der Waals surface area contributed by atoms with E-state index in [-0.39, 0.29) is 49.1 Å². The Hall–Kier alpha value is -0.850. The molecule has 0 amide bonds. The summed E-state index contributed by atoms with van der Waals surface area (Å²) in [7, 11) is 0. The number of aliphatic carboxylic acids is 1. The molecule has 1 N–H and O–H groups in total. The zero-order valence-corrected chi connectivity index (χ0v) is 15.7. The van der Waals surface area contributed by atoms with Gasteiger partial charge in [-0.3, -0.25) is 4.79 Å². The van der Waals surface area contributed by atoms with Crippen LogP contribution >= 0.6 is 0 Å². The van der Waals surface area contributed by atoms with E-state index >= 15 is 0 Å². The Morgan fingerprint density at radius 2 is 1.86 bits per heavy atom. The Morgan fingerprint density at radius 3 is 2.41 bits per heavy atom. The third-order valence-electron chi connectivity index (χ3n) is 2.77. The van der Waals surface area contributed by atoms with Crippen molar-refractivity contribution in [3.8, 4) is 0 Å². The predicted molar refractivity (Wildman–Crippen MR) is 77.8 cm³/mol. The van der Waals surface area contributed by atoms with Crippen LogP contribution in [0.25, 0.3) is 0 Å². The van der Waals surface area contributed by atoms with Gasteiger partial charge in [-0.2, -0.15) is 0 Å². The summed E-state index contributed by atoms with van der Waals surface area (Å²) in [6.45, 7) is 6.57. The van der Waals surface area contributed by atoms with E-state index in [1.54, 1.807) is 6.92 Å². The van der Waals surface area contributed by atoms with E-state index in [1.807, 2.05) is 0 Å². The first-order valence-corrected chi connectivity index (χ1v) is 7.13. The summed E-state index contributed by atoms with van der Waals surface area (Å²) >= 11 is 0. The molecule has 7 heteroatoms. The van der Waals surface area contributed by atoms with E-state index in [9.17, 15) is 14.4 Å². The molecule has 0 rings (SSSR count). The van der Waals surface area contributed by atoms with Gasteiger partial charge in [0, 0.05) is 5.57 Å². The maximum atomic E-state index is 11.6. The molecule has 0 spiro atoms. The zero-order chi connectivity index (χ0) is 16.3. The molecule has 0 aromatic heterocycles. The molecule has 0 radical (unpaired) electrons. The minimum atomic E-state index is -1.26. The molecule has 0 aliphatic carbocycles. The summed E-state index contributed by atoms with van der Waals surface area (Å²) in [5.74, 6) is -2.72. The topological polar surface area (TPSA) is 89.9 Å². The molecule has 122 valence electrons. The van der Waals surface area contributed by atoms with Gasteiger partial charge in [0.25, 0.3) is 0 Å². The van der Waals surface area contributed by atoms with Crippen LogP contribution < -0.4 is 29.6 Å². The van der Waals surface area contributed by atoms with Crippen molar-refractivity contribution in [2.24, 2.45) is 0 Å². The van der Waals surface area contributed by atoms with Crippen molar-refractivity contribution >= 4 is 17.9 Å². The number of carbonyl (C=O) groups is 3. The number of rotatable bonds is 11. The van der Waals surface area contributed by atoms with E-state index < -0.39 is 24.5 Å². The summed E-state index contributed by atoms with van der Waals surface area (Å²) < 4.78 is 9.57. The second-order valence-electron chi connectivity index (χ2n) is 4.90. The summed E-state index contributed by atoms with van der Waals surface area (Å²) in [6.07, 6.45) is 4.67. The number of hydrogen-bond donors (Lipinski definition) is 1. The van der Waals surface area contributed by atoms with Gasteiger partial charge in [-0.15, -0.1) is 0 Å². The van der Waals surface area contributed by atoms with Gasteiger partial charge in [0.05, 0.1) is 12.5 Å². The number of esters is 2. The molecule has 0 saturated heterocycles. The van der Waals surface area contributed by atoms with Crippen molar-refractivity contribution in [3.05, 3.63) is 12.2 Å². The minimum absolute atomic E-state index is 0. The van der Waals surface area contributed by atoms with Gasteiger partial charge in [-0.1, -0.05) is 32.8 Å². The minimum Gasteiger partial charge on any atom is -1.00 e. The van der Waals surface area contributed by atoms with Gasteiger partial charge in [-0.05, 0) is 19.8 Å². The largest absolute Gasteiger partial charge is 1.00 e. The van der Waals surface area contributed by atoms with Crippen LogP contribution in [0.1, 0.15) is 53.8 Å². The molecule has 6 nitrogen and oxygen atoms in total. The van der Waals surface area contributed by atoms with Crippen LogP contribution in [0.4, 0.5) is 0 Å². The number of carboxylic acids is 1. The molecule has 0 saturated carbocycles. The summed E-state index contributed by atoms with van der Waals surface area (Å²) in [6, 6.07) is 0. The molecule has 22 heavy (non-hydrogen) atoms. The molecule has 1 atom stereocenters. The fourth-order valence-corrected chi connectivity index (χ4v) is 1.66. The van der Waals surface area contributed by atoms with E-state index in [0.29, 0.717) is 0 Å². The van der Waals surface area contributed by atoms with Crippen molar-refractivity contribution in [2.75, 3.05) is 6.61 Å². The maximum absolute atomic E-state index is 11.6. The van der Waals surface area contributed by atoms with Gasteiger partial charge in [0.2, 0.25) is 0 Å². The average Bonchev–Trinajstić information content (AvgIpc) is 2.40. The molecule has 0 aliphatic heterocycles. The third kappa shape index (κ3) is 12.9. The van der Waals surface area contributed by atoms with E-state index in [2.05, 4.69) is 18.2 Å². The van der Waals surface area contributed by atoms with Crippen molar-refractivity contribution in [1.29, 1.82) is 0 Å². The van der Waals surface area contributed by atoms with Gasteiger partial charge in [-0.25, -0.2) is 9.59 Å². The Kier molecular flexibility index (Phi) is 14.7. The summed E-state index contributed by atoms with van der Waals surface area (Å²) in [4.78, 5) is 33.2. The SMILES string of the molecule is C=C(CC(=O)O[C@H](C)CCCCCC)C(=O)OCC(=O)O.[H-].[Na+]. The second kappa shape index (κ2) is 13.8. The van der Waals surface area contributed by atoms with E-state index in [1.165, 1.54) is 0 Å². The average molecular weight is 324 g/mol. The first-order chi connectivity index (χ1) is 9.86. The van der Waals surface area contributed by atoms with Gasteiger partial charge >= 0.3 is 47.5 Å². The quantitative estimate of drug-likeness (QED) is 0.240. The van der Waals surface area contributed by atoms with Crippen molar-refractivity contribution in [1.82, 2.24) is 0 Å². The predicted octanol–water partition coefficient (Wildman–Crippen LogP) is -0.421. The van der Waals surface area contributed by atoms with E-state index in [4.69, 9.17) is 9.84 Å². The fourth-order valence-electron chi connectivity index (χ4n) is 1.66. The second-order valence-corrected chi connectivity index (χ2v) is 4.90. The number of hydrogen-bond acceptors (Lipinski definition) is 5. The summed E-state index contributed by atoms with van der Waals surface area (Å²) in [5.41, 5.74) is -0.112. The molecular formula is C15H25NaO6. The van der Waals surface area contributed by atoms with Crippen LogP contribution in [-0.4, -0.2) is 35.7 Å². The van der Waals surface area contributed by atoms with Crippen LogP contribution in [0.5, 0.6) is 0 Å². The standard InChI is InChI=1S/C15H24O6.Na.H/c1-4-5-6-7-8-12(3)21-14(18)9-11(2)15(19)20-10-13(16)17;;/h12H,2,4-10H2,1,3H3,(H,16,17);;/q;+1;-1/t12-;;/m1../s1. The van der Waals surface area contributed by atoms with Crippen LogP contribution in [0.3, 0.4) is 0 Å². The number of carbonyl (C=O) groups excluding carboxylic acids is 2. The van der Waals surface area contributed by atoms with Gasteiger partial charge in [0.15, 0.2) is 6.61 Å². The van der Waals surface area contributed by atoms with Crippen LogP contribution in [0.2, 0.25) is 0 Å². The van der Waals surface area contributed by atoms with Crippen LogP contribution in [0.15, 0.2) is 12.2 Å². The molecule has 0 heterocycles. The smallest absolute Gasteiger partial charge is 1.00 e. The molecule has 0 aromatic carbocycles. The molecule has 0 aliphatic rings. The molecular weight excluding hydrogens is 299 g/mol. The number of carboxylic acid groups (broad SMARTS) is 1. The Labute approximate surface area is 155 Å². The molecule has 0 fully saturated rings. The zero-order valence-electron chi connectivity index (χ0n) is 14.7. The molecule has 0 bridgehead atoms. The van der Waals surface area contributed by atoms with E-state index in [0.717, 1.165) is 32.1 Å². The summed E-state index contributed by atoms with van der Waals surface area (Å²) in [5, 5.41) is 8.37. The third-order valence-corrected chi connectivity index (χ3v) is 2.77. The van der Waals surface area contributed by atoms with Crippen molar-refractivity contribution in [2.45, 2.75) is 58.5 Å². The van der Waals surface area contributed by atoms with Crippen LogP contribution in [0, 0.1) is 0 Å². The fraction of sp³-hybridized carbons (Fsp3) is 0.667. The molecule has 0 unspecified atom stereocenters.